The molecule has 1 unspecified atom stereocenters. The maximum absolute atomic E-state index is 13.1. The van der Waals surface area contributed by atoms with Crippen molar-refractivity contribution in [3.8, 4) is 5.75 Å². The standard InChI is InChI=1S/C22H20FN5O4/c1-11-3-8-14(32-2)9-16(11)25-20(30)15-10-17(29)26-19-18(15)21(31)28-22(27-19)24-13-6-4-12(23)5-7-13/h3-9,15H,10H2,1-2H3,(H,25,30)(H3,24,26,27,28,29,31). The summed E-state index contributed by atoms with van der Waals surface area (Å²) in [6.45, 7) is 1.82. The molecule has 0 radical (unpaired) electrons. The highest BCUT2D eigenvalue weighted by Gasteiger charge is 2.35. The molecule has 4 N–H and O–H groups in total. The van der Waals surface area contributed by atoms with Crippen molar-refractivity contribution in [2.24, 2.45) is 0 Å². The average Bonchev–Trinajstić information content (AvgIpc) is 2.76. The molecule has 1 aliphatic heterocycles. The molecular weight excluding hydrogens is 417 g/mol. The number of carbonyl (C=O) groups excluding carboxylic acids is 2. The van der Waals surface area contributed by atoms with Crippen molar-refractivity contribution in [2.45, 2.75) is 19.3 Å². The number of aryl methyl sites for hydroxylation is 1. The fourth-order valence-electron chi connectivity index (χ4n) is 3.41. The summed E-state index contributed by atoms with van der Waals surface area (Å²) in [4.78, 5) is 44.9. The molecule has 2 amide bonds. The van der Waals surface area contributed by atoms with Crippen LogP contribution in [0.5, 0.6) is 5.75 Å². The highest BCUT2D eigenvalue weighted by atomic mass is 19.1. The molecule has 164 valence electrons. The van der Waals surface area contributed by atoms with E-state index in [9.17, 15) is 18.8 Å². The summed E-state index contributed by atoms with van der Waals surface area (Å²) in [5.74, 6) is -1.78. The molecule has 1 aliphatic rings. The normalized spacial score (nSPS) is 14.8. The van der Waals surface area contributed by atoms with Crippen molar-refractivity contribution < 1.29 is 18.7 Å². The Morgan fingerprint density at radius 3 is 2.66 bits per heavy atom. The van der Waals surface area contributed by atoms with Crippen molar-refractivity contribution in [2.75, 3.05) is 23.1 Å². The average molecular weight is 437 g/mol. The molecule has 2 aromatic carbocycles. The molecular formula is C22H20FN5O4. The first-order chi connectivity index (χ1) is 15.3. The number of rotatable bonds is 5. The van der Waals surface area contributed by atoms with E-state index in [0.717, 1.165) is 5.56 Å². The summed E-state index contributed by atoms with van der Waals surface area (Å²) in [5, 5.41) is 8.16. The van der Waals surface area contributed by atoms with Crippen LogP contribution in [0, 0.1) is 12.7 Å². The van der Waals surface area contributed by atoms with Crippen LogP contribution >= 0.6 is 0 Å². The minimum atomic E-state index is -1.03. The summed E-state index contributed by atoms with van der Waals surface area (Å²) in [5.41, 5.74) is 1.29. The zero-order chi connectivity index (χ0) is 22.8. The number of hydrogen-bond acceptors (Lipinski definition) is 6. The first kappa shape index (κ1) is 21.0. The second-order valence-corrected chi connectivity index (χ2v) is 7.28. The third kappa shape index (κ3) is 4.29. The fraction of sp³-hybridized carbons (Fsp3) is 0.182. The van der Waals surface area contributed by atoms with E-state index in [1.54, 1.807) is 18.2 Å². The minimum Gasteiger partial charge on any atom is -0.497 e. The summed E-state index contributed by atoms with van der Waals surface area (Å²) in [6.07, 6.45) is -0.197. The van der Waals surface area contributed by atoms with Gasteiger partial charge in [0.1, 0.15) is 17.4 Å². The summed E-state index contributed by atoms with van der Waals surface area (Å²) in [7, 11) is 1.51. The van der Waals surface area contributed by atoms with E-state index in [1.165, 1.54) is 31.4 Å². The van der Waals surface area contributed by atoms with Gasteiger partial charge < -0.3 is 20.7 Å². The van der Waals surface area contributed by atoms with Crippen LogP contribution in [0.2, 0.25) is 0 Å². The van der Waals surface area contributed by atoms with Crippen molar-refractivity contribution >= 4 is 35.0 Å². The predicted octanol–water partition coefficient (Wildman–Crippen LogP) is 3.03. The van der Waals surface area contributed by atoms with Gasteiger partial charge in [-0.15, -0.1) is 0 Å². The van der Waals surface area contributed by atoms with Crippen LogP contribution < -0.4 is 26.2 Å². The number of ether oxygens (including phenoxy) is 1. The Bertz CT molecular complexity index is 1260. The van der Waals surface area contributed by atoms with Crippen molar-refractivity contribution in [3.63, 3.8) is 0 Å². The zero-order valence-corrected chi connectivity index (χ0v) is 17.3. The Hall–Kier alpha value is -4.21. The van der Waals surface area contributed by atoms with E-state index in [1.807, 2.05) is 6.92 Å². The third-order valence-corrected chi connectivity index (χ3v) is 5.08. The van der Waals surface area contributed by atoms with Gasteiger partial charge in [-0.1, -0.05) is 6.07 Å². The minimum absolute atomic E-state index is 0.00266. The molecule has 0 saturated carbocycles. The zero-order valence-electron chi connectivity index (χ0n) is 17.3. The lowest BCUT2D eigenvalue weighted by Crippen LogP contribution is -2.36. The van der Waals surface area contributed by atoms with E-state index in [2.05, 4.69) is 25.9 Å². The molecule has 1 aromatic heterocycles. The molecule has 0 saturated heterocycles. The maximum atomic E-state index is 13.1. The molecule has 0 spiro atoms. The van der Waals surface area contributed by atoms with Gasteiger partial charge in [0.15, 0.2) is 0 Å². The SMILES string of the molecule is COc1ccc(C)c(NC(=O)C2CC(=O)Nc3nc(Nc4ccc(F)cc4)[nH]c(=O)c32)c1. The molecule has 4 rings (SSSR count). The second kappa shape index (κ2) is 8.50. The van der Waals surface area contributed by atoms with Crippen LogP contribution in [-0.2, 0) is 9.59 Å². The van der Waals surface area contributed by atoms with Crippen LogP contribution in [0.4, 0.5) is 27.5 Å². The van der Waals surface area contributed by atoms with Gasteiger partial charge in [0, 0.05) is 23.9 Å². The van der Waals surface area contributed by atoms with E-state index in [0.29, 0.717) is 17.1 Å². The summed E-state index contributed by atoms with van der Waals surface area (Å²) >= 11 is 0. The number of hydrogen-bond donors (Lipinski definition) is 4. The molecule has 32 heavy (non-hydrogen) atoms. The number of H-pyrrole nitrogens is 1. The number of anilines is 4. The molecule has 0 fully saturated rings. The van der Waals surface area contributed by atoms with Crippen LogP contribution in [0.3, 0.4) is 0 Å². The lowest BCUT2D eigenvalue weighted by molar-refractivity contribution is -0.123. The van der Waals surface area contributed by atoms with E-state index < -0.39 is 29.1 Å². The quantitative estimate of drug-likeness (QED) is 0.486. The summed E-state index contributed by atoms with van der Waals surface area (Å²) in [6, 6.07) is 10.7. The Morgan fingerprint density at radius 2 is 1.94 bits per heavy atom. The van der Waals surface area contributed by atoms with E-state index in [4.69, 9.17) is 4.74 Å². The Kier molecular flexibility index (Phi) is 5.59. The number of halogens is 1. The van der Waals surface area contributed by atoms with Crippen LogP contribution in [0.25, 0.3) is 0 Å². The topological polar surface area (TPSA) is 125 Å². The molecule has 9 nitrogen and oxygen atoms in total. The van der Waals surface area contributed by atoms with Gasteiger partial charge in [-0.2, -0.15) is 4.98 Å². The smallest absolute Gasteiger partial charge is 0.258 e. The Balaban J connectivity index is 1.64. The van der Waals surface area contributed by atoms with E-state index in [-0.39, 0.29) is 23.8 Å². The highest BCUT2D eigenvalue weighted by Crippen LogP contribution is 2.31. The summed E-state index contributed by atoms with van der Waals surface area (Å²) < 4.78 is 18.3. The number of methoxy groups -OCH3 is 1. The van der Waals surface area contributed by atoms with Gasteiger partial charge in [-0.25, -0.2) is 4.39 Å². The first-order valence-electron chi connectivity index (χ1n) is 9.76. The van der Waals surface area contributed by atoms with Gasteiger partial charge >= 0.3 is 0 Å². The molecule has 1 atom stereocenters. The van der Waals surface area contributed by atoms with Gasteiger partial charge in [0.25, 0.3) is 5.56 Å². The number of fused-ring (bicyclic) bond motifs is 1. The second-order valence-electron chi connectivity index (χ2n) is 7.28. The predicted molar refractivity (Wildman–Crippen MR) is 117 cm³/mol. The Morgan fingerprint density at radius 1 is 1.19 bits per heavy atom. The molecule has 0 bridgehead atoms. The number of aromatic nitrogens is 2. The number of aromatic amines is 1. The van der Waals surface area contributed by atoms with Crippen molar-refractivity contribution in [1.82, 2.24) is 9.97 Å². The van der Waals surface area contributed by atoms with E-state index >= 15 is 0 Å². The van der Waals surface area contributed by atoms with Gasteiger partial charge in [0.05, 0.1) is 18.6 Å². The molecule has 3 aromatic rings. The monoisotopic (exact) mass is 437 g/mol. The lowest BCUT2D eigenvalue weighted by atomic mass is 9.92. The van der Waals surface area contributed by atoms with Crippen LogP contribution in [0.1, 0.15) is 23.5 Å². The number of carbonyl (C=O) groups is 2. The Labute approximate surface area is 182 Å². The molecule has 0 aliphatic carbocycles. The highest BCUT2D eigenvalue weighted by molar-refractivity contribution is 6.04. The van der Waals surface area contributed by atoms with Crippen molar-refractivity contribution in [3.05, 3.63) is 69.8 Å². The molecule has 2 heterocycles. The maximum Gasteiger partial charge on any atom is 0.258 e. The van der Waals surface area contributed by atoms with Crippen molar-refractivity contribution in [1.29, 1.82) is 0 Å². The number of benzene rings is 2. The van der Waals surface area contributed by atoms with Gasteiger partial charge in [-0.05, 0) is 42.8 Å². The van der Waals surface area contributed by atoms with Crippen LogP contribution in [0.15, 0.2) is 47.3 Å². The molecule has 10 heteroatoms. The largest absolute Gasteiger partial charge is 0.497 e. The van der Waals surface area contributed by atoms with Gasteiger partial charge in [-0.3, -0.25) is 19.4 Å². The van der Waals surface area contributed by atoms with Crippen LogP contribution in [-0.4, -0.2) is 28.9 Å². The fourth-order valence-corrected chi connectivity index (χ4v) is 3.41. The number of nitrogens with zero attached hydrogens (tertiary/aromatic N) is 1. The number of nitrogens with one attached hydrogen (secondary N) is 4. The third-order valence-electron chi connectivity index (χ3n) is 5.08. The van der Waals surface area contributed by atoms with Gasteiger partial charge in [0.2, 0.25) is 17.8 Å². The lowest BCUT2D eigenvalue weighted by Gasteiger charge is -2.24. The number of amides is 2. The first-order valence-corrected chi connectivity index (χ1v) is 9.76.